The van der Waals surface area contributed by atoms with Crippen LogP contribution in [0.1, 0.15) is 26.3 Å². The molecular formula is C26H33N3O5. The minimum absolute atomic E-state index is 0.0419. The Morgan fingerprint density at radius 3 is 2.15 bits per heavy atom. The second-order valence-corrected chi connectivity index (χ2v) is 8.74. The molecule has 2 aliphatic rings. The van der Waals surface area contributed by atoms with E-state index in [9.17, 15) is 9.59 Å². The molecule has 2 amide bonds. The lowest BCUT2D eigenvalue weighted by atomic mass is 10.1. The van der Waals surface area contributed by atoms with Gasteiger partial charge in [-0.1, -0.05) is 23.8 Å². The third-order valence-corrected chi connectivity index (χ3v) is 6.49. The first-order chi connectivity index (χ1) is 16.5. The molecule has 2 heterocycles. The first-order valence-corrected chi connectivity index (χ1v) is 11.7. The largest absolute Gasteiger partial charge is 0.496 e. The highest BCUT2D eigenvalue weighted by Gasteiger charge is 2.30. The molecule has 1 unspecified atom stereocenters. The summed E-state index contributed by atoms with van der Waals surface area (Å²) in [7, 11) is 3.11. The summed E-state index contributed by atoms with van der Waals surface area (Å²) in [6, 6.07) is 13.1. The van der Waals surface area contributed by atoms with Gasteiger partial charge in [0, 0.05) is 51.4 Å². The predicted octanol–water partition coefficient (Wildman–Crippen LogP) is 2.31. The fourth-order valence-electron chi connectivity index (χ4n) is 4.53. The molecule has 4 rings (SSSR count). The lowest BCUT2D eigenvalue weighted by molar-refractivity contribution is -0.0400. The molecule has 0 radical (unpaired) electrons. The van der Waals surface area contributed by atoms with E-state index in [0.717, 1.165) is 25.2 Å². The molecule has 2 saturated heterocycles. The number of carbonyl (C=O) groups excluding carboxylic acids is 2. The van der Waals surface area contributed by atoms with Crippen LogP contribution in [0.2, 0.25) is 0 Å². The molecule has 8 nitrogen and oxygen atoms in total. The number of methoxy groups -OCH3 is 2. The van der Waals surface area contributed by atoms with E-state index in [1.807, 2.05) is 47.1 Å². The zero-order chi connectivity index (χ0) is 24.1. The fraction of sp³-hybridized carbons (Fsp3) is 0.462. The number of piperazine rings is 1. The summed E-state index contributed by atoms with van der Waals surface area (Å²) in [6.07, 6.45) is -0.0419. The van der Waals surface area contributed by atoms with Gasteiger partial charge in [0.25, 0.3) is 11.8 Å². The van der Waals surface area contributed by atoms with Crippen LogP contribution in [0.3, 0.4) is 0 Å². The minimum atomic E-state index is -0.0854. The number of rotatable bonds is 6. The van der Waals surface area contributed by atoms with Crippen molar-refractivity contribution in [2.45, 2.75) is 13.0 Å². The van der Waals surface area contributed by atoms with Crippen LogP contribution >= 0.6 is 0 Å². The van der Waals surface area contributed by atoms with Crippen LogP contribution in [-0.2, 0) is 4.74 Å². The summed E-state index contributed by atoms with van der Waals surface area (Å²) in [6.45, 7) is 7.17. The highest BCUT2D eigenvalue weighted by atomic mass is 16.5. The standard InChI is InChI=1S/C26H33N3O5/c1-19-7-9-20(10-8-19)25(30)29-15-16-34-21(18-29)17-27-11-13-28(14-12-27)26(31)24-22(32-2)5-4-6-23(24)33-3/h4-10,21H,11-18H2,1-3H3. The number of hydrogen-bond donors (Lipinski definition) is 0. The Balaban J connectivity index is 1.31. The van der Waals surface area contributed by atoms with Crippen molar-refractivity contribution in [2.24, 2.45) is 0 Å². The van der Waals surface area contributed by atoms with Gasteiger partial charge in [-0.15, -0.1) is 0 Å². The Kier molecular flexibility index (Phi) is 7.70. The molecule has 0 aromatic heterocycles. The summed E-state index contributed by atoms with van der Waals surface area (Å²) in [5, 5.41) is 0. The van der Waals surface area contributed by atoms with Gasteiger partial charge < -0.3 is 24.0 Å². The minimum Gasteiger partial charge on any atom is -0.496 e. The van der Waals surface area contributed by atoms with Gasteiger partial charge in [0.1, 0.15) is 17.1 Å². The highest BCUT2D eigenvalue weighted by molar-refractivity contribution is 5.99. The smallest absolute Gasteiger partial charge is 0.261 e. The summed E-state index contributed by atoms with van der Waals surface area (Å²) >= 11 is 0. The summed E-state index contributed by atoms with van der Waals surface area (Å²) in [4.78, 5) is 32.1. The van der Waals surface area contributed by atoms with E-state index in [1.54, 1.807) is 26.4 Å². The number of hydrogen-bond acceptors (Lipinski definition) is 6. The van der Waals surface area contributed by atoms with Crippen LogP contribution in [-0.4, -0.2) is 99.3 Å². The van der Waals surface area contributed by atoms with Crippen molar-refractivity contribution in [2.75, 3.05) is 66.6 Å². The van der Waals surface area contributed by atoms with E-state index < -0.39 is 0 Å². The topological polar surface area (TPSA) is 71.6 Å². The summed E-state index contributed by atoms with van der Waals surface area (Å²) in [5.74, 6) is 0.994. The monoisotopic (exact) mass is 467 g/mol. The Bertz CT molecular complexity index is 980. The molecule has 34 heavy (non-hydrogen) atoms. The summed E-state index contributed by atoms with van der Waals surface area (Å²) < 4.78 is 16.8. The molecule has 8 heteroatoms. The van der Waals surface area contributed by atoms with Crippen LogP contribution in [0.4, 0.5) is 0 Å². The molecule has 0 bridgehead atoms. The Morgan fingerprint density at radius 2 is 1.53 bits per heavy atom. The quantitative estimate of drug-likeness (QED) is 0.649. The van der Waals surface area contributed by atoms with Gasteiger partial charge in [0.05, 0.1) is 26.9 Å². The Hall–Kier alpha value is -3.10. The number of nitrogens with zero attached hydrogens (tertiary/aromatic N) is 3. The molecule has 2 fully saturated rings. The number of benzene rings is 2. The van der Waals surface area contributed by atoms with E-state index in [0.29, 0.717) is 55.4 Å². The van der Waals surface area contributed by atoms with Crippen molar-refractivity contribution in [3.63, 3.8) is 0 Å². The fourth-order valence-corrected chi connectivity index (χ4v) is 4.53. The van der Waals surface area contributed by atoms with Crippen LogP contribution in [0.25, 0.3) is 0 Å². The maximum absolute atomic E-state index is 13.2. The molecule has 0 spiro atoms. The third-order valence-electron chi connectivity index (χ3n) is 6.49. The maximum Gasteiger partial charge on any atom is 0.261 e. The van der Waals surface area contributed by atoms with E-state index in [1.165, 1.54) is 0 Å². The number of morpholine rings is 1. The van der Waals surface area contributed by atoms with Gasteiger partial charge in [-0.25, -0.2) is 0 Å². The van der Waals surface area contributed by atoms with Crippen molar-refractivity contribution in [1.29, 1.82) is 0 Å². The zero-order valence-electron chi connectivity index (χ0n) is 20.2. The van der Waals surface area contributed by atoms with Crippen molar-refractivity contribution >= 4 is 11.8 Å². The Morgan fingerprint density at radius 1 is 0.882 bits per heavy atom. The van der Waals surface area contributed by atoms with Gasteiger partial charge >= 0.3 is 0 Å². The second kappa shape index (κ2) is 10.9. The molecule has 2 aliphatic heterocycles. The first-order valence-electron chi connectivity index (χ1n) is 11.7. The van der Waals surface area contributed by atoms with E-state index >= 15 is 0 Å². The highest BCUT2D eigenvalue weighted by Crippen LogP contribution is 2.30. The van der Waals surface area contributed by atoms with Gasteiger partial charge in [0.2, 0.25) is 0 Å². The van der Waals surface area contributed by atoms with Gasteiger partial charge in [-0.05, 0) is 31.2 Å². The molecule has 0 aliphatic carbocycles. The lowest BCUT2D eigenvalue weighted by Gasteiger charge is -2.39. The molecule has 0 saturated carbocycles. The lowest BCUT2D eigenvalue weighted by Crippen LogP contribution is -2.54. The average Bonchev–Trinajstić information content (AvgIpc) is 2.88. The molecule has 2 aromatic rings. The molecule has 182 valence electrons. The van der Waals surface area contributed by atoms with E-state index in [4.69, 9.17) is 14.2 Å². The molecule has 2 aromatic carbocycles. The van der Waals surface area contributed by atoms with E-state index in [2.05, 4.69) is 4.90 Å². The normalized spacial score (nSPS) is 19.1. The Labute approximate surface area is 201 Å². The van der Waals surface area contributed by atoms with Crippen LogP contribution < -0.4 is 9.47 Å². The molecule has 0 N–H and O–H groups in total. The predicted molar refractivity (Wildman–Crippen MR) is 129 cm³/mol. The second-order valence-electron chi connectivity index (χ2n) is 8.74. The van der Waals surface area contributed by atoms with Crippen LogP contribution in [0.15, 0.2) is 42.5 Å². The van der Waals surface area contributed by atoms with E-state index in [-0.39, 0.29) is 17.9 Å². The van der Waals surface area contributed by atoms with Gasteiger partial charge in [-0.3, -0.25) is 14.5 Å². The van der Waals surface area contributed by atoms with Crippen molar-refractivity contribution < 1.29 is 23.8 Å². The molecular weight excluding hydrogens is 434 g/mol. The summed E-state index contributed by atoms with van der Waals surface area (Å²) in [5.41, 5.74) is 2.31. The third kappa shape index (κ3) is 5.34. The van der Waals surface area contributed by atoms with Crippen LogP contribution in [0, 0.1) is 6.92 Å². The average molecular weight is 468 g/mol. The van der Waals surface area contributed by atoms with Crippen molar-refractivity contribution in [3.8, 4) is 11.5 Å². The van der Waals surface area contributed by atoms with Crippen molar-refractivity contribution in [3.05, 3.63) is 59.2 Å². The maximum atomic E-state index is 13.2. The molecule has 1 atom stereocenters. The van der Waals surface area contributed by atoms with Gasteiger partial charge in [0.15, 0.2) is 0 Å². The van der Waals surface area contributed by atoms with Gasteiger partial charge in [-0.2, -0.15) is 0 Å². The van der Waals surface area contributed by atoms with Crippen LogP contribution in [0.5, 0.6) is 11.5 Å². The number of amides is 2. The van der Waals surface area contributed by atoms with Crippen molar-refractivity contribution in [1.82, 2.24) is 14.7 Å². The SMILES string of the molecule is COc1cccc(OC)c1C(=O)N1CCN(CC2CN(C(=O)c3ccc(C)cc3)CCO2)CC1. The number of ether oxygens (including phenoxy) is 3. The first kappa shape index (κ1) is 24.0. The number of aryl methyl sites for hydroxylation is 1. The number of carbonyl (C=O) groups is 2. The zero-order valence-corrected chi connectivity index (χ0v) is 20.2.